The van der Waals surface area contributed by atoms with Gasteiger partial charge in [-0.25, -0.2) is 4.99 Å². The van der Waals surface area contributed by atoms with Crippen molar-refractivity contribution in [2.45, 2.75) is 6.42 Å². The van der Waals surface area contributed by atoms with E-state index in [-0.39, 0.29) is 0 Å². The third kappa shape index (κ3) is 1.35. The first-order chi connectivity index (χ1) is 5.77. The van der Waals surface area contributed by atoms with Crippen molar-refractivity contribution in [2.75, 3.05) is 0 Å². The molecular weight excluding hydrogens is 193 g/mol. The molecule has 62 valence electrons. The maximum absolute atomic E-state index is 5.91. The zero-order valence-electron chi connectivity index (χ0n) is 6.30. The predicted molar refractivity (Wildman–Crippen MR) is 52.6 cm³/mol. The van der Waals surface area contributed by atoms with Gasteiger partial charge in [-0.1, -0.05) is 47.5 Å². The summed E-state index contributed by atoms with van der Waals surface area (Å²) in [5, 5.41) is 1.12. The van der Waals surface area contributed by atoms with Crippen LogP contribution >= 0.6 is 23.2 Å². The maximum Gasteiger partial charge on any atom is 0.134 e. The Morgan fingerprint density at radius 1 is 1.33 bits per heavy atom. The highest BCUT2D eigenvalue weighted by Gasteiger charge is 2.20. The van der Waals surface area contributed by atoms with E-state index in [4.69, 9.17) is 23.2 Å². The summed E-state index contributed by atoms with van der Waals surface area (Å²) in [5.74, 6) is 0.326. The number of halogens is 2. The number of allylic oxidation sites excluding steroid dienone is 5. The topological polar surface area (TPSA) is 12.4 Å². The van der Waals surface area contributed by atoms with E-state index in [2.05, 4.69) is 11.1 Å². The van der Waals surface area contributed by atoms with Gasteiger partial charge in [0, 0.05) is 12.3 Å². The molecular formula is C9H7Cl2N. The number of hydrogen-bond donors (Lipinski definition) is 0. The molecule has 1 aliphatic carbocycles. The Morgan fingerprint density at radius 3 is 3.00 bits per heavy atom. The Balaban J connectivity index is 2.44. The summed E-state index contributed by atoms with van der Waals surface area (Å²) in [6.45, 7) is 0. The average molecular weight is 200 g/mol. The van der Waals surface area contributed by atoms with E-state index >= 15 is 0 Å². The molecule has 0 aromatic heterocycles. The van der Waals surface area contributed by atoms with Crippen molar-refractivity contribution >= 4 is 28.4 Å². The van der Waals surface area contributed by atoms with Crippen LogP contribution in [-0.4, -0.2) is 5.17 Å². The van der Waals surface area contributed by atoms with Crippen LogP contribution < -0.4 is 0 Å². The molecule has 0 N–H and O–H groups in total. The molecule has 1 aliphatic heterocycles. The van der Waals surface area contributed by atoms with Gasteiger partial charge >= 0.3 is 0 Å². The minimum Gasteiger partial charge on any atom is -0.229 e. The summed E-state index contributed by atoms with van der Waals surface area (Å²) in [4.78, 5) is 4.01. The van der Waals surface area contributed by atoms with Gasteiger partial charge in [0.25, 0.3) is 0 Å². The smallest absolute Gasteiger partial charge is 0.134 e. The quantitative estimate of drug-likeness (QED) is 0.532. The van der Waals surface area contributed by atoms with Crippen LogP contribution in [0.3, 0.4) is 0 Å². The fourth-order valence-electron chi connectivity index (χ4n) is 1.38. The van der Waals surface area contributed by atoms with Gasteiger partial charge in [-0.15, -0.1) is 0 Å². The predicted octanol–water partition coefficient (Wildman–Crippen LogP) is 3.22. The molecule has 0 amide bonds. The fourth-order valence-corrected chi connectivity index (χ4v) is 1.98. The van der Waals surface area contributed by atoms with Gasteiger partial charge in [0.1, 0.15) is 10.3 Å². The normalized spacial score (nSPS) is 27.2. The van der Waals surface area contributed by atoms with Gasteiger partial charge in [-0.05, 0) is 5.57 Å². The van der Waals surface area contributed by atoms with Crippen LogP contribution in [0.2, 0.25) is 0 Å². The van der Waals surface area contributed by atoms with Crippen molar-refractivity contribution in [3.8, 4) is 0 Å². The van der Waals surface area contributed by atoms with Crippen LogP contribution in [0.5, 0.6) is 0 Å². The van der Waals surface area contributed by atoms with Crippen LogP contribution in [0, 0.1) is 5.92 Å². The lowest BCUT2D eigenvalue weighted by molar-refractivity contribution is 0.800. The lowest BCUT2D eigenvalue weighted by atomic mass is 9.91. The van der Waals surface area contributed by atoms with Gasteiger partial charge in [-0.3, -0.25) is 0 Å². The highest BCUT2D eigenvalue weighted by molar-refractivity contribution is 6.66. The summed E-state index contributed by atoms with van der Waals surface area (Å²) in [7, 11) is 0. The van der Waals surface area contributed by atoms with Gasteiger partial charge < -0.3 is 0 Å². The molecule has 0 saturated carbocycles. The molecule has 3 heteroatoms. The highest BCUT2D eigenvalue weighted by Crippen LogP contribution is 2.32. The SMILES string of the molecule is ClC1=NC(Cl)=C2C=CC=CC2C1. The van der Waals surface area contributed by atoms with Crippen LogP contribution in [0.15, 0.2) is 40.0 Å². The standard InChI is InChI=1S/C9H7Cl2N/c10-8-5-6-3-1-2-4-7(6)9(11)12-8/h1-4,6H,5H2. The molecule has 12 heavy (non-hydrogen) atoms. The van der Waals surface area contributed by atoms with Gasteiger partial charge in [0.05, 0.1) is 0 Å². The first kappa shape index (κ1) is 8.09. The first-order valence-electron chi connectivity index (χ1n) is 3.75. The van der Waals surface area contributed by atoms with E-state index in [1.165, 1.54) is 0 Å². The summed E-state index contributed by atoms with van der Waals surface area (Å²) >= 11 is 11.7. The number of nitrogens with zero attached hydrogens (tertiary/aromatic N) is 1. The fraction of sp³-hybridized carbons (Fsp3) is 0.222. The lowest BCUT2D eigenvalue weighted by Crippen LogP contribution is -2.11. The molecule has 2 rings (SSSR count). The third-order valence-electron chi connectivity index (χ3n) is 1.98. The molecule has 0 aromatic carbocycles. The molecule has 0 spiro atoms. The molecule has 1 heterocycles. The number of hydrogen-bond acceptors (Lipinski definition) is 1. The second-order valence-corrected chi connectivity index (χ2v) is 3.58. The second kappa shape index (κ2) is 3.08. The van der Waals surface area contributed by atoms with Crippen molar-refractivity contribution in [3.05, 3.63) is 35.0 Å². The molecule has 1 nitrogen and oxygen atoms in total. The van der Waals surface area contributed by atoms with Gasteiger partial charge in [0.15, 0.2) is 0 Å². The summed E-state index contributed by atoms with van der Waals surface area (Å²) in [6.07, 6.45) is 8.82. The summed E-state index contributed by atoms with van der Waals surface area (Å²) < 4.78 is 0. The second-order valence-electron chi connectivity index (χ2n) is 2.79. The van der Waals surface area contributed by atoms with Crippen molar-refractivity contribution in [1.29, 1.82) is 0 Å². The van der Waals surface area contributed by atoms with Gasteiger partial charge in [-0.2, -0.15) is 0 Å². The molecule has 0 bridgehead atoms. The van der Waals surface area contributed by atoms with E-state index < -0.39 is 0 Å². The molecule has 0 fully saturated rings. The maximum atomic E-state index is 5.91. The monoisotopic (exact) mass is 199 g/mol. The largest absolute Gasteiger partial charge is 0.229 e. The van der Waals surface area contributed by atoms with Crippen molar-refractivity contribution < 1.29 is 0 Å². The molecule has 2 aliphatic rings. The first-order valence-corrected chi connectivity index (χ1v) is 4.50. The van der Waals surface area contributed by atoms with Crippen LogP contribution in [-0.2, 0) is 0 Å². The van der Waals surface area contributed by atoms with Crippen molar-refractivity contribution in [1.82, 2.24) is 0 Å². The Morgan fingerprint density at radius 2 is 2.17 bits per heavy atom. The number of aliphatic imine (C=N–C) groups is 1. The Bertz CT molecular complexity index is 323. The molecule has 1 atom stereocenters. The van der Waals surface area contributed by atoms with Crippen molar-refractivity contribution in [3.63, 3.8) is 0 Å². The zero-order chi connectivity index (χ0) is 8.55. The minimum atomic E-state index is 0.326. The average Bonchev–Trinajstić information content (AvgIpc) is 2.04. The molecule has 0 aromatic rings. The van der Waals surface area contributed by atoms with Crippen LogP contribution in [0.1, 0.15) is 6.42 Å². The van der Waals surface area contributed by atoms with Gasteiger partial charge in [0.2, 0.25) is 0 Å². The zero-order valence-corrected chi connectivity index (χ0v) is 7.81. The lowest BCUT2D eigenvalue weighted by Gasteiger charge is -2.20. The molecule has 0 radical (unpaired) electrons. The molecule has 0 saturated heterocycles. The number of fused-ring (bicyclic) bond motifs is 1. The Hall–Kier alpha value is -0.530. The summed E-state index contributed by atoms with van der Waals surface area (Å²) in [5.41, 5.74) is 1.07. The Labute approximate surface area is 81.1 Å². The van der Waals surface area contributed by atoms with E-state index in [0.717, 1.165) is 12.0 Å². The third-order valence-corrected chi connectivity index (χ3v) is 2.52. The Kier molecular flexibility index (Phi) is 2.07. The van der Waals surface area contributed by atoms with E-state index in [1.54, 1.807) is 0 Å². The highest BCUT2D eigenvalue weighted by atomic mass is 35.5. The van der Waals surface area contributed by atoms with Crippen molar-refractivity contribution in [2.24, 2.45) is 10.9 Å². The van der Waals surface area contributed by atoms with Crippen LogP contribution in [0.25, 0.3) is 0 Å². The summed E-state index contributed by atoms with van der Waals surface area (Å²) in [6, 6.07) is 0. The van der Waals surface area contributed by atoms with E-state index in [1.807, 2.05) is 18.2 Å². The molecule has 1 unspecified atom stereocenters. The minimum absolute atomic E-state index is 0.326. The van der Waals surface area contributed by atoms with E-state index in [0.29, 0.717) is 16.2 Å². The number of rotatable bonds is 0. The van der Waals surface area contributed by atoms with E-state index in [9.17, 15) is 0 Å². The van der Waals surface area contributed by atoms with Crippen LogP contribution in [0.4, 0.5) is 0 Å².